The first-order valence-electron chi connectivity index (χ1n) is 5.03. The van der Waals surface area contributed by atoms with Gasteiger partial charge in [-0.05, 0) is 18.6 Å². The fourth-order valence-electron chi connectivity index (χ4n) is 1.65. The molecule has 1 aromatic heterocycles. The van der Waals surface area contributed by atoms with Crippen molar-refractivity contribution >= 4 is 16.8 Å². The molecule has 0 saturated heterocycles. The summed E-state index contributed by atoms with van der Waals surface area (Å²) in [6.07, 6.45) is 2.69. The van der Waals surface area contributed by atoms with Gasteiger partial charge in [-0.15, -0.1) is 0 Å². The quantitative estimate of drug-likeness (QED) is 0.829. The van der Waals surface area contributed by atoms with Crippen LogP contribution in [0.5, 0.6) is 0 Å². The maximum atomic E-state index is 11.7. The second-order valence-corrected chi connectivity index (χ2v) is 3.47. The first kappa shape index (κ1) is 9.93. The molecule has 0 atom stereocenters. The van der Waals surface area contributed by atoms with Gasteiger partial charge >= 0.3 is 0 Å². The van der Waals surface area contributed by atoms with Crippen molar-refractivity contribution in [1.82, 2.24) is 4.57 Å². The minimum absolute atomic E-state index is 0.0326. The van der Waals surface area contributed by atoms with Crippen molar-refractivity contribution < 1.29 is 9.90 Å². The third-order valence-electron chi connectivity index (χ3n) is 2.42. The summed E-state index contributed by atoms with van der Waals surface area (Å²) in [7, 11) is 0. The van der Waals surface area contributed by atoms with E-state index in [-0.39, 0.29) is 12.5 Å². The van der Waals surface area contributed by atoms with Gasteiger partial charge in [0.1, 0.15) is 0 Å². The second kappa shape index (κ2) is 4.28. The van der Waals surface area contributed by atoms with Crippen LogP contribution in [0.4, 0.5) is 0 Å². The molecule has 0 fully saturated rings. The minimum Gasteiger partial charge on any atom is -0.396 e. The van der Waals surface area contributed by atoms with E-state index in [1.165, 1.54) is 0 Å². The van der Waals surface area contributed by atoms with Crippen molar-refractivity contribution in [3.63, 3.8) is 0 Å². The van der Waals surface area contributed by atoms with Crippen molar-refractivity contribution in [1.29, 1.82) is 0 Å². The molecular formula is C12H13NO2. The van der Waals surface area contributed by atoms with Gasteiger partial charge in [-0.1, -0.05) is 18.2 Å². The van der Waals surface area contributed by atoms with Gasteiger partial charge in [-0.25, -0.2) is 0 Å². The number of benzene rings is 1. The zero-order valence-corrected chi connectivity index (χ0v) is 8.39. The van der Waals surface area contributed by atoms with E-state index in [2.05, 4.69) is 0 Å². The molecule has 2 rings (SSSR count). The summed E-state index contributed by atoms with van der Waals surface area (Å²) in [5.74, 6) is 0.0326. The van der Waals surface area contributed by atoms with Gasteiger partial charge in [0.05, 0.1) is 5.52 Å². The topological polar surface area (TPSA) is 42.2 Å². The number of rotatable bonds is 3. The van der Waals surface area contributed by atoms with Crippen molar-refractivity contribution in [2.75, 3.05) is 6.61 Å². The largest absolute Gasteiger partial charge is 0.396 e. The highest BCUT2D eigenvalue weighted by Crippen LogP contribution is 2.15. The standard InChI is InChI=1S/C12H13NO2/c14-9-3-6-12(15)13-8-7-10-4-1-2-5-11(10)13/h1-2,4-5,7-8,14H,3,6,9H2. The first-order chi connectivity index (χ1) is 7.33. The lowest BCUT2D eigenvalue weighted by molar-refractivity contribution is 0.0896. The summed E-state index contributed by atoms with van der Waals surface area (Å²) in [5.41, 5.74) is 0.931. The molecule has 0 radical (unpaired) electrons. The Morgan fingerprint density at radius 1 is 1.27 bits per heavy atom. The lowest BCUT2D eigenvalue weighted by atomic mass is 10.2. The predicted octanol–water partition coefficient (Wildman–Crippen LogP) is 2.05. The highest BCUT2D eigenvalue weighted by molar-refractivity contribution is 5.92. The Kier molecular flexibility index (Phi) is 2.83. The van der Waals surface area contributed by atoms with E-state index in [0.29, 0.717) is 12.8 Å². The molecule has 0 spiro atoms. The van der Waals surface area contributed by atoms with Crippen LogP contribution in [0.15, 0.2) is 36.5 Å². The van der Waals surface area contributed by atoms with Crippen molar-refractivity contribution in [2.45, 2.75) is 12.8 Å². The van der Waals surface area contributed by atoms with E-state index >= 15 is 0 Å². The molecule has 1 heterocycles. The smallest absolute Gasteiger partial charge is 0.231 e. The molecule has 3 nitrogen and oxygen atoms in total. The van der Waals surface area contributed by atoms with Gasteiger partial charge in [0, 0.05) is 24.6 Å². The van der Waals surface area contributed by atoms with Crippen LogP contribution in [0.25, 0.3) is 10.9 Å². The molecule has 1 N–H and O–H groups in total. The summed E-state index contributed by atoms with van der Waals surface area (Å²) >= 11 is 0. The summed E-state index contributed by atoms with van der Waals surface area (Å²) in [5, 5.41) is 9.73. The summed E-state index contributed by atoms with van der Waals surface area (Å²) in [6.45, 7) is 0.0605. The molecule has 0 saturated carbocycles. The number of hydrogen-bond acceptors (Lipinski definition) is 2. The molecule has 0 aliphatic carbocycles. The monoisotopic (exact) mass is 203 g/mol. The van der Waals surface area contributed by atoms with Crippen LogP contribution in [0.3, 0.4) is 0 Å². The molecule has 0 amide bonds. The number of carbonyl (C=O) groups excluding carboxylic acids is 1. The lowest BCUT2D eigenvalue weighted by Crippen LogP contribution is -2.09. The van der Waals surface area contributed by atoms with Crippen molar-refractivity contribution in [3.8, 4) is 0 Å². The highest BCUT2D eigenvalue weighted by Gasteiger charge is 2.07. The number of fused-ring (bicyclic) bond motifs is 1. The van der Waals surface area contributed by atoms with E-state index in [0.717, 1.165) is 10.9 Å². The van der Waals surface area contributed by atoms with E-state index in [1.54, 1.807) is 10.8 Å². The molecular weight excluding hydrogens is 190 g/mol. The Bertz CT molecular complexity index is 473. The molecule has 1 aromatic carbocycles. The Morgan fingerprint density at radius 3 is 2.87 bits per heavy atom. The van der Waals surface area contributed by atoms with E-state index in [9.17, 15) is 4.79 Å². The number of aliphatic hydroxyl groups excluding tert-OH is 1. The van der Waals surface area contributed by atoms with Crippen LogP contribution >= 0.6 is 0 Å². The number of hydrogen-bond donors (Lipinski definition) is 1. The normalized spacial score (nSPS) is 10.7. The minimum atomic E-state index is 0.0326. The predicted molar refractivity (Wildman–Crippen MR) is 58.9 cm³/mol. The zero-order valence-electron chi connectivity index (χ0n) is 8.39. The SMILES string of the molecule is O=C(CCCO)n1ccc2ccccc21. The Hall–Kier alpha value is -1.61. The Morgan fingerprint density at radius 2 is 2.07 bits per heavy atom. The molecule has 0 bridgehead atoms. The first-order valence-corrected chi connectivity index (χ1v) is 5.03. The van der Waals surface area contributed by atoms with Crippen LogP contribution in [0, 0.1) is 0 Å². The summed E-state index contributed by atoms with van der Waals surface area (Å²) in [6, 6.07) is 9.69. The number of para-hydroxylation sites is 1. The van der Waals surface area contributed by atoms with E-state index in [4.69, 9.17) is 5.11 Å². The molecule has 78 valence electrons. The lowest BCUT2D eigenvalue weighted by Gasteiger charge is -2.02. The highest BCUT2D eigenvalue weighted by atomic mass is 16.3. The summed E-state index contributed by atoms with van der Waals surface area (Å²) in [4.78, 5) is 11.7. The molecule has 0 unspecified atom stereocenters. The summed E-state index contributed by atoms with van der Waals surface area (Å²) < 4.78 is 1.64. The van der Waals surface area contributed by atoms with Crippen LogP contribution in [0.2, 0.25) is 0 Å². The van der Waals surface area contributed by atoms with Gasteiger partial charge in [0.2, 0.25) is 5.91 Å². The molecule has 0 aliphatic rings. The van der Waals surface area contributed by atoms with Crippen molar-refractivity contribution in [3.05, 3.63) is 36.5 Å². The molecule has 0 aliphatic heterocycles. The van der Waals surface area contributed by atoms with Crippen molar-refractivity contribution in [2.24, 2.45) is 0 Å². The van der Waals surface area contributed by atoms with Gasteiger partial charge < -0.3 is 5.11 Å². The maximum Gasteiger partial charge on any atom is 0.231 e. The number of aliphatic hydroxyl groups is 1. The number of nitrogens with zero attached hydrogens (tertiary/aromatic N) is 1. The third kappa shape index (κ3) is 1.92. The van der Waals surface area contributed by atoms with E-state index < -0.39 is 0 Å². The number of carbonyl (C=O) groups is 1. The Labute approximate surface area is 87.9 Å². The fraction of sp³-hybridized carbons (Fsp3) is 0.250. The van der Waals surface area contributed by atoms with E-state index in [1.807, 2.05) is 30.3 Å². The van der Waals surface area contributed by atoms with Crippen LogP contribution < -0.4 is 0 Å². The third-order valence-corrected chi connectivity index (χ3v) is 2.42. The zero-order chi connectivity index (χ0) is 10.7. The average Bonchev–Trinajstić information content (AvgIpc) is 2.69. The van der Waals surface area contributed by atoms with Crippen LogP contribution in [-0.4, -0.2) is 22.2 Å². The van der Waals surface area contributed by atoms with Gasteiger partial charge in [0.15, 0.2) is 0 Å². The van der Waals surface area contributed by atoms with Gasteiger partial charge in [-0.3, -0.25) is 9.36 Å². The van der Waals surface area contributed by atoms with Gasteiger partial charge in [0.25, 0.3) is 0 Å². The molecule has 3 heteroatoms. The maximum absolute atomic E-state index is 11.7. The number of aromatic nitrogens is 1. The average molecular weight is 203 g/mol. The van der Waals surface area contributed by atoms with Crippen LogP contribution in [0.1, 0.15) is 17.6 Å². The Balaban J connectivity index is 2.31. The molecule has 2 aromatic rings. The second-order valence-electron chi connectivity index (χ2n) is 3.47. The van der Waals surface area contributed by atoms with Crippen LogP contribution in [-0.2, 0) is 0 Å². The fourth-order valence-corrected chi connectivity index (χ4v) is 1.65. The van der Waals surface area contributed by atoms with Gasteiger partial charge in [-0.2, -0.15) is 0 Å². The molecule has 15 heavy (non-hydrogen) atoms.